The van der Waals surface area contributed by atoms with E-state index in [0.29, 0.717) is 10.6 Å². The molecule has 3 aliphatic rings. The number of pyridine rings is 1. The number of urea groups is 1. The molecule has 37 heavy (non-hydrogen) atoms. The minimum atomic E-state index is -0.283. The molecule has 0 bridgehead atoms. The van der Waals surface area contributed by atoms with Crippen LogP contribution in [0.2, 0.25) is 0 Å². The molecule has 6 rings (SSSR count). The summed E-state index contributed by atoms with van der Waals surface area (Å²) >= 11 is 1.33. The highest BCUT2D eigenvalue weighted by Crippen LogP contribution is 2.46. The van der Waals surface area contributed by atoms with Crippen LogP contribution in [0.5, 0.6) is 5.75 Å². The van der Waals surface area contributed by atoms with Crippen molar-refractivity contribution in [1.29, 1.82) is 0 Å². The van der Waals surface area contributed by atoms with Crippen LogP contribution in [0.15, 0.2) is 30.5 Å². The van der Waals surface area contributed by atoms with E-state index in [2.05, 4.69) is 27.6 Å². The first-order chi connectivity index (χ1) is 18.0. The Morgan fingerprint density at radius 1 is 1.14 bits per heavy atom. The third-order valence-corrected chi connectivity index (χ3v) is 8.77. The number of benzene rings is 1. The number of carbonyl (C=O) groups is 2. The summed E-state index contributed by atoms with van der Waals surface area (Å²) < 4.78 is 6.24. The first kappa shape index (κ1) is 24.2. The van der Waals surface area contributed by atoms with E-state index in [1.807, 2.05) is 31.2 Å². The Balaban J connectivity index is 1.30. The van der Waals surface area contributed by atoms with Gasteiger partial charge in [0.15, 0.2) is 0 Å². The largest absolute Gasteiger partial charge is 0.490 e. The predicted octanol–water partition coefficient (Wildman–Crippen LogP) is 5.82. The van der Waals surface area contributed by atoms with E-state index < -0.39 is 0 Å². The number of aryl methyl sites for hydroxylation is 1. The molecule has 0 radical (unpaired) electrons. The number of anilines is 3. The summed E-state index contributed by atoms with van der Waals surface area (Å²) in [6.07, 6.45) is 9.90. The van der Waals surface area contributed by atoms with Crippen LogP contribution in [-0.4, -0.2) is 54.1 Å². The van der Waals surface area contributed by atoms with Gasteiger partial charge >= 0.3 is 6.03 Å². The Hall–Kier alpha value is -3.17. The fourth-order valence-corrected chi connectivity index (χ4v) is 6.87. The second-order valence-electron chi connectivity index (χ2n) is 10.5. The van der Waals surface area contributed by atoms with Crippen molar-refractivity contribution in [2.75, 3.05) is 30.4 Å². The number of thiophene rings is 1. The average molecular weight is 520 g/mol. The maximum atomic E-state index is 13.5. The van der Waals surface area contributed by atoms with Gasteiger partial charge in [-0.1, -0.05) is 6.42 Å². The lowest BCUT2D eigenvalue weighted by Crippen LogP contribution is -2.46. The second kappa shape index (κ2) is 9.95. The molecule has 194 valence electrons. The number of ether oxygens (including phenoxy) is 1. The molecule has 4 heterocycles. The van der Waals surface area contributed by atoms with Gasteiger partial charge in [-0.15, -0.1) is 11.3 Å². The summed E-state index contributed by atoms with van der Waals surface area (Å²) in [5.74, 6) is 0.687. The third kappa shape index (κ3) is 4.66. The minimum absolute atomic E-state index is 0.101. The third-order valence-electron chi connectivity index (χ3n) is 7.68. The Bertz CT molecular complexity index is 1350. The fourth-order valence-electron chi connectivity index (χ4n) is 5.85. The summed E-state index contributed by atoms with van der Waals surface area (Å²) in [7, 11) is 2.07. The lowest BCUT2D eigenvalue weighted by atomic mass is 9.98. The number of rotatable bonds is 5. The Morgan fingerprint density at radius 2 is 1.97 bits per heavy atom. The highest BCUT2D eigenvalue weighted by Gasteiger charge is 2.34. The standard InChI is InChI=1S/C28H33N5O3S/c1-17-15-20(36-19-8-4-3-5-9-19)10-11-21(17)33-22-12-13-29-27-23(22)24(31-28(33)35)25(37-27)26(34)30-18-7-6-14-32(2)16-18/h10-13,15,18-19H,3-9,14,16H2,1-2H3,(H,30,34)(H,31,35)/t18-/m1/s1. The minimum Gasteiger partial charge on any atom is -0.490 e. The number of amides is 3. The smallest absolute Gasteiger partial charge is 0.331 e. The molecule has 2 fully saturated rings. The summed E-state index contributed by atoms with van der Waals surface area (Å²) in [5.41, 5.74) is 3.03. The average Bonchev–Trinajstić information content (AvgIpc) is 3.25. The van der Waals surface area contributed by atoms with Crippen LogP contribution < -0.4 is 20.3 Å². The molecule has 1 aromatic carbocycles. The highest BCUT2D eigenvalue weighted by molar-refractivity contribution is 7.21. The predicted molar refractivity (Wildman–Crippen MR) is 147 cm³/mol. The topological polar surface area (TPSA) is 86.8 Å². The molecule has 8 nitrogen and oxygen atoms in total. The monoisotopic (exact) mass is 519 g/mol. The number of likely N-dealkylation sites (N-methyl/N-ethyl adjacent to an activating group) is 1. The van der Waals surface area contributed by atoms with Gasteiger partial charge in [0.25, 0.3) is 5.91 Å². The van der Waals surface area contributed by atoms with Crippen LogP contribution in [0.1, 0.15) is 60.2 Å². The van der Waals surface area contributed by atoms with Crippen LogP contribution in [0.4, 0.5) is 21.9 Å². The normalized spacial score (nSPS) is 20.6. The lowest BCUT2D eigenvalue weighted by molar-refractivity contribution is 0.0917. The van der Waals surface area contributed by atoms with Gasteiger partial charge in [0.05, 0.1) is 28.6 Å². The summed E-state index contributed by atoms with van der Waals surface area (Å²) in [6.45, 7) is 3.88. The van der Waals surface area contributed by atoms with Crippen molar-refractivity contribution in [2.24, 2.45) is 0 Å². The Labute approximate surface area is 221 Å². The number of piperidine rings is 1. The van der Waals surface area contributed by atoms with E-state index in [-0.39, 0.29) is 24.1 Å². The molecule has 9 heteroatoms. The number of aromatic nitrogens is 1. The number of nitrogens with one attached hydrogen (secondary N) is 2. The molecule has 3 aromatic rings. The number of nitrogens with zero attached hydrogens (tertiary/aromatic N) is 3. The highest BCUT2D eigenvalue weighted by atomic mass is 32.1. The van der Waals surface area contributed by atoms with Crippen LogP contribution in [0.25, 0.3) is 10.2 Å². The van der Waals surface area contributed by atoms with Crippen molar-refractivity contribution in [3.05, 3.63) is 40.9 Å². The van der Waals surface area contributed by atoms with Gasteiger partial charge in [0.1, 0.15) is 15.5 Å². The maximum absolute atomic E-state index is 13.5. The molecule has 1 aliphatic carbocycles. The number of hydrogen-bond acceptors (Lipinski definition) is 6. The van der Waals surface area contributed by atoms with E-state index in [4.69, 9.17) is 4.74 Å². The zero-order valence-corrected chi connectivity index (χ0v) is 22.2. The second-order valence-corrected chi connectivity index (χ2v) is 11.5. The van der Waals surface area contributed by atoms with Crippen LogP contribution >= 0.6 is 11.3 Å². The fraction of sp³-hybridized carbons (Fsp3) is 0.464. The van der Waals surface area contributed by atoms with Crippen LogP contribution in [0, 0.1) is 6.92 Å². The van der Waals surface area contributed by atoms with Crippen LogP contribution in [-0.2, 0) is 0 Å². The van der Waals surface area contributed by atoms with Crippen molar-refractivity contribution in [3.63, 3.8) is 0 Å². The molecule has 2 aliphatic heterocycles. The van der Waals surface area contributed by atoms with Crippen molar-refractivity contribution in [1.82, 2.24) is 15.2 Å². The van der Waals surface area contributed by atoms with Crippen LogP contribution in [0.3, 0.4) is 0 Å². The molecule has 2 N–H and O–H groups in total. The van der Waals surface area contributed by atoms with Crippen molar-refractivity contribution in [3.8, 4) is 5.75 Å². The summed E-state index contributed by atoms with van der Waals surface area (Å²) in [6, 6.07) is 7.58. The van der Waals surface area contributed by atoms with E-state index >= 15 is 0 Å². The first-order valence-corrected chi connectivity index (χ1v) is 14.1. The quantitative estimate of drug-likeness (QED) is 0.443. The van der Waals surface area contributed by atoms with E-state index in [0.717, 1.165) is 71.7 Å². The van der Waals surface area contributed by atoms with Gasteiger partial charge < -0.3 is 20.3 Å². The molecule has 1 atom stereocenters. The molecule has 0 unspecified atom stereocenters. The van der Waals surface area contributed by atoms with E-state index in [1.54, 1.807) is 11.1 Å². The Morgan fingerprint density at radius 3 is 2.76 bits per heavy atom. The molecular formula is C28H33N5O3S. The molecule has 0 spiro atoms. The number of hydrogen-bond donors (Lipinski definition) is 2. The van der Waals surface area contributed by atoms with E-state index in [1.165, 1.54) is 30.6 Å². The van der Waals surface area contributed by atoms with Gasteiger partial charge in [-0.25, -0.2) is 9.78 Å². The molecule has 1 saturated heterocycles. The SMILES string of the molecule is Cc1cc(OC2CCCCC2)ccc1N1C(=O)Nc2c(C(=O)N[C@@H]3CCCN(C)C3)sc3nccc1c23. The van der Waals surface area contributed by atoms with Crippen molar-refractivity contribution < 1.29 is 14.3 Å². The first-order valence-electron chi connectivity index (χ1n) is 13.3. The van der Waals surface area contributed by atoms with Gasteiger partial charge in [-0.3, -0.25) is 9.69 Å². The molecule has 2 aromatic heterocycles. The molecule has 3 amide bonds. The van der Waals surface area contributed by atoms with Gasteiger partial charge in [0.2, 0.25) is 0 Å². The van der Waals surface area contributed by atoms with Gasteiger partial charge in [0, 0.05) is 18.8 Å². The number of likely N-dealkylation sites (tertiary alicyclic amines) is 1. The molecular weight excluding hydrogens is 486 g/mol. The maximum Gasteiger partial charge on any atom is 0.331 e. The van der Waals surface area contributed by atoms with E-state index in [9.17, 15) is 9.59 Å². The van der Waals surface area contributed by atoms with Gasteiger partial charge in [-0.2, -0.15) is 0 Å². The zero-order chi connectivity index (χ0) is 25.5. The number of carbonyl (C=O) groups excluding carboxylic acids is 2. The summed E-state index contributed by atoms with van der Waals surface area (Å²) in [5, 5.41) is 6.99. The van der Waals surface area contributed by atoms with Gasteiger partial charge in [-0.05, 0) is 88.9 Å². The molecule has 1 saturated carbocycles. The van der Waals surface area contributed by atoms with Crippen molar-refractivity contribution in [2.45, 2.75) is 64.0 Å². The van der Waals surface area contributed by atoms with Crippen molar-refractivity contribution >= 4 is 50.6 Å². The zero-order valence-electron chi connectivity index (χ0n) is 21.4. The Kier molecular flexibility index (Phi) is 6.50. The summed E-state index contributed by atoms with van der Waals surface area (Å²) in [4.78, 5) is 36.5. The lowest BCUT2D eigenvalue weighted by Gasteiger charge is -2.31.